The van der Waals surface area contributed by atoms with Crippen molar-refractivity contribution in [1.29, 1.82) is 5.26 Å². The Morgan fingerprint density at radius 3 is 2.61 bits per heavy atom. The maximum absolute atomic E-state index is 8.98. The molecule has 0 aromatic heterocycles. The second kappa shape index (κ2) is 8.83. The SMILES string of the molecule is CCCCCCCCNc1cc(Cl)ccc1C#N. The highest BCUT2D eigenvalue weighted by molar-refractivity contribution is 6.30. The largest absolute Gasteiger partial charge is 0.384 e. The van der Waals surface area contributed by atoms with E-state index in [1.807, 2.05) is 6.07 Å². The first-order chi connectivity index (χ1) is 8.77. The molecule has 3 heteroatoms. The first kappa shape index (κ1) is 14.9. The van der Waals surface area contributed by atoms with Crippen LogP contribution in [0.2, 0.25) is 5.02 Å². The maximum atomic E-state index is 8.98. The van der Waals surface area contributed by atoms with E-state index >= 15 is 0 Å². The van der Waals surface area contributed by atoms with Crippen molar-refractivity contribution in [1.82, 2.24) is 0 Å². The predicted molar refractivity (Wildman–Crippen MR) is 78.0 cm³/mol. The van der Waals surface area contributed by atoms with Gasteiger partial charge in [-0.2, -0.15) is 5.26 Å². The lowest BCUT2D eigenvalue weighted by atomic mass is 10.1. The summed E-state index contributed by atoms with van der Waals surface area (Å²) in [5.74, 6) is 0. The summed E-state index contributed by atoms with van der Waals surface area (Å²) >= 11 is 5.92. The zero-order valence-corrected chi connectivity index (χ0v) is 11.8. The summed E-state index contributed by atoms with van der Waals surface area (Å²) in [5.41, 5.74) is 1.50. The van der Waals surface area contributed by atoms with Crippen LogP contribution in [0.25, 0.3) is 0 Å². The van der Waals surface area contributed by atoms with Crippen LogP contribution in [-0.4, -0.2) is 6.54 Å². The topological polar surface area (TPSA) is 35.8 Å². The zero-order chi connectivity index (χ0) is 13.2. The number of nitrogens with zero attached hydrogens (tertiary/aromatic N) is 1. The van der Waals surface area contributed by atoms with Gasteiger partial charge in [-0.05, 0) is 24.6 Å². The van der Waals surface area contributed by atoms with Gasteiger partial charge in [0.2, 0.25) is 0 Å². The molecular formula is C15H21ClN2. The lowest BCUT2D eigenvalue weighted by molar-refractivity contribution is 0.617. The van der Waals surface area contributed by atoms with Crippen LogP contribution < -0.4 is 5.32 Å². The molecule has 0 radical (unpaired) electrons. The Bertz CT molecular complexity index is 396. The Kier molecular flexibility index (Phi) is 7.29. The number of nitrogens with one attached hydrogen (secondary N) is 1. The van der Waals surface area contributed by atoms with Crippen LogP contribution in [-0.2, 0) is 0 Å². The molecule has 1 rings (SSSR count). The Balaban J connectivity index is 2.27. The summed E-state index contributed by atoms with van der Waals surface area (Å²) in [6, 6.07) is 7.49. The molecule has 1 aromatic carbocycles. The Labute approximate surface area is 115 Å². The summed E-state index contributed by atoms with van der Waals surface area (Å²) in [6.07, 6.45) is 7.64. The number of hydrogen-bond acceptors (Lipinski definition) is 2. The second-order valence-electron chi connectivity index (χ2n) is 4.50. The molecule has 1 aromatic rings. The molecule has 2 nitrogen and oxygen atoms in total. The molecule has 0 amide bonds. The summed E-state index contributed by atoms with van der Waals surface area (Å²) < 4.78 is 0. The number of rotatable bonds is 8. The third-order valence-electron chi connectivity index (χ3n) is 2.95. The van der Waals surface area contributed by atoms with E-state index in [0.29, 0.717) is 10.6 Å². The average Bonchev–Trinajstić information content (AvgIpc) is 2.38. The van der Waals surface area contributed by atoms with Gasteiger partial charge < -0.3 is 5.32 Å². The first-order valence-corrected chi connectivity index (χ1v) is 7.09. The third-order valence-corrected chi connectivity index (χ3v) is 3.18. The predicted octanol–water partition coefficient (Wildman–Crippen LogP) is 4.98. The number of anilines is 1. The molecule has 1 N–H and O–H groups in total. The molecule has 0 fully saturated rings. The standard InChI is InChI=1S/C15H21ClN2/c1-2-3-4-5-6-7-10-18-15-11-14(16)9-8-13(15)12-17/h8-9,11,18H,2-7,10H2,1H3. The van der Waals surface area contributed by atoms with E-state index in [4.69, 9.17) is 16.9 Å². The highest BCUT2D eigenvalue weighted by Crippen LogP contribution is 2.20. The Morgan fingerprint density at radius 2 is 1.89 bits per heavy atom. The van der Waals surface area contributed by atoms with Gasteiger partial charge in [0.1, 0.15) is 6.07 Å². The smallest absolute Gasteiger partial charge is 0.101 e. The second-order valence-corrected chi connectivity index (χ2v) is 4.93. The van der Waals surface area contributed by atoms with Crippen LogP contribution in [0.4, 0.5) is 5.69 Å². The molecule has 0 unspecified atom stereocenters. The van der Waals surface area contributed by atoms with Crippen molar-refractivity contribution >= 4 is 17.3 Å². The van der Waals surface area contributed by atoms with E-state index in [-0.39, 0.29) is 0 Å². The number of unbranched alkanes of at least 4 members (excludes halogenated alkanes) is 5. The number of halogens is 1. The van der Waals surface area contributed by atoms with E-state index in [1.54, 1.807) is 12.1 Å². The fourth-order valence-electron chi connectivity index (χ4n) is 1.89. The Hall–Kier alpha value is -1.20. The molecule has 0 saturated heterocycles. The van der Waals surface area contributed by atoms with Gasteiger partial charge in [0, 0.05) is 11.6 Å². The quantitative estimate of drug-likeness (QED) is 0.672. The molecule has 0 aliphatic heterocycles. The van der Waals surface area contributed by atoms with Crippen molar-refractivity contribution in [2.45, 2.75) is 45.4 Å². The Morgan fingerprint density at radius 1 is 1.17 bits per heavy atom. The average molecular weight is 265 g/mol. The number of nitriles is 1. The summed E-state index contributed by atoms with van der Waals surface area (Å²) in [7, 11) is 0. The van der Waals surface area contributed by atoms with Gasteiger partial charge in [0.15, 0.2) is 0 Å². The minimum Gasteiger partial charge on any atom is -0.384 e. The minimum atomic E-state index is 0.658. The molecule has 0 saturated carbocycles. The molecular weight excluding hydrogens is 244 g/mol. The third kappa shape index (κ3) is 5.42. The van der Waals surface area contributed by atoms with Gasteiger partial charge in [0.05, 0.1) is 11.3 Å². The van der Waals surface area contributed by atoms with Gasteiger partial charge >= 0.3 is 0 Å². The number of hydrogen-bond donors (Lipinski definition) is 1. The van der Waals surface area contributed by atoms with Gasteiger partial charge in [-0.25, -0.2) is 0 Å². The highest BCUT2D eigenvalue weighted by Gasteiger charge is 2.01. The van der Waals surface area contributed by atoms with E-state index in [2.05, 4.69) is 18.3 Å². The summed E-state index contributed by atoms with van der Waals surface area (Å²) in [6.45, 7) is 3.13. The molecule has 0 aliphatic rings. The summed E-state index contributed by atoms with van der Waals surface area (Å²) in [5, 5.41) is 12.9. The maximum Gasteiger partial charge on any atom is 0.101 e. The van der Waals surface area contributed by atoms with Crippen LogP contribution in [0.3, 0.4) is 0 Å². The molecule has 0 atom stereocenters. The van der Waals surface area contributed by atoms with E-state index in [9.17, 15) is 0 Å². The molecule has 0 bridgehead atoms. The first-order valence-electron chi connectivity index (χ1n) is 6.71. The van der Waals surface area contributed by atoms with Gasteiger partial charge in [-0.1, -0.05) is 50.6 Å². The van der Waals surface area contributed by atoms with Crippen molar-refractivity contribution in [2.75, 3.05) is 11.9 Å². The lowest BCUT2D eigenvalue weighted by Gasteiger charge is -2.08. The van der Waals surface area contributed by atoms with Crippen LogP contribution in [0.5, 0.6) is 0 Å². The summed E-state index contributed by atoms with van der Waals surface area (Å²) in [4.78, 5) is 0. The van der Waals surface area contributed by atoms with Crippen molar-refractivity contribution in [3.05, 3.63) is 28.8 Å². The molecule has 0 spiro atoms. The van der Waals surface area contributed by atoms with Gasteiger partial charge in [-0.15, -0.1) is 0 Å². The fraction of sp³-hybridized carbons (Fsp3) is 0.533. The van der Waals surface area contributed by atoms with E-state index < -0.39 is 0 Å². The molecule has 18 heavy (non-hydrogen) atoms. The highest BCUT2D eigenvalue weighted by atomic mass is 35.5. The van der Waals surface area contributed by atoms with Gasteiger partial charge in [-0.3, -0.25) is 0 Å². The molecule has 98 valence electrons. The van der Waals surface area contributed by atoms with Crippen LogP contribution in [0, 0.1) is 11.3 Å². The normalized spacial score (nSPS) is 10.1. The molecule has 0 aliphatic carbocycles. The van der Waals surface area contributed by atoms with E-state index in [0.717, 1.165) is 18.7 Å². The number of benzene rings is 1. The van der Waals surface area contributed by atoms with Crippen molar-refractivity contribution in [3.8, 4) is 6.07 Å². The lowest BCUT2D eigenvalue weighted by Crippen LogP contribution is -2.03. The fourth-order valence-corrected chi connectivity index (χ4v) is 2.06. The van der Waals surface area contributed by atoms with Crippen LogP contribution in [0.15, 0.2) is 18.2 Å². The van der Waals surface area contributed by atoms with Crippen LogP contribution >= 0.6 is 11.6 Å². The van der Waals surface area contributed by atoms with Crippen molar-refractivity contribution < 1.29 is 0 Å². The van der Waals surface area contributed by atoms with Crippen molar-refractivity contribution in [3.63, 3.8) is 0 Å². The molecule has 0 heterocycles. The minimum absolute atomic E-state index is 0.658. The van der Waals surface area contributed by atoms with Crippen molar-refractivity contribution in [2.24, 2.45) is 0 Å². The van der Waals surface area contributed by atoms with Gasteiger partial charge in [0.25, 0.3) is 0 Å². The van der Waals surface area contributed by atoms with Crippen LogP contribution in [0.1, 0.15) is 51.0 Å². The zero-order valence-electron chi connectivity index (χ0n) is 11.0. The van der Waals surface area contributed by atoms with E-state index in [1.165, 1.54) is 32.1 Å². The monoisotopic (exact) mass is 264 g/mol.